The molecule has 3 N–H and O–H groups in total. The first-order valence-electron chi connectivity index (χ1n) is 5.61. The van der Waals surface area contributed by atoms with Crippen LogP contribution in [0.1, 0.15) is 29.8 Å². The van der Waals surface area contributed by atoms with Gasteiger partial charge in [0, 0.05) is 6.54 Å². The SMILES string of the molecule is Cc1cccc(C(=O)NCC(C)(C)CN)c1F. The highest BCUT2D eigenvalue weighted by molar-refractivity contribution is 5.94. The second-order valence-corrected chi connectivity index (χ2v) is 4.99. The maximum atomic E-state index is 13.7. The Labute approximate surface area is 101 Å². The van der Waals surface area contributed by atoms with E-state index in [9.17, 15) is 9.18 Å². The van der Waals surface area contributed by atoms with E-state index in [0.717, 1.165) is 0 Å². The molecule has 0 saturated heterocycles. The number of halogens is 1. The van der Waals surface area contributed by atoms with Crippen molar-refractivity contribution in [1.29, 1.82) is 0 Å². The van der Waals surface area contributed by atoms with E-state index in [4.69, 9.17) is 5.73 Å². The summed E-state index contributed by atoms with van der Waals surface area (Å²) in [7, 11) is 0. The summed E-state index contributed by atoms with van der Waals surface area (Å²) in [5.74, 6) is -0.858. The fourth-order valence-electron chi connectivity index (χ4n) is 1.31. The molecule has 0 fully saturated rings. The predicted molar refractivity (Wildman–Crippen MR) is 66.3 cm³/mol. The first kappa shape index (κ1) is 13.6. The van der Waals surface area contributed by atoms with Crippen LogP contribution in [-0.2, 0) is 0 Å². The number of benzene rings is 1. The Bertz CT molecular complexity index is 416. The molecule has 1 amide bonds. The van der Waals surface area contributed by atoms with Gasteiger partial charge in [-0.3, -0.25) is 4.79 Å². The maximum absolute atomic E-state index is 13.7. The summed E-state index contributed by atoms with van der Waals surface area (Å²) in [6.07, 6.45) is 0. The van der Waals surface area contributed by atoms with Gasteiger partial charge in [0.1, 0.15) is 5.82 Å². The van der Waals surface area contributed by atoms with E-state index in [1.807, 2.05) is 13.8 Å². The van der Waals surface area contributed by atoms with Crippen molar-refractivity contribution in [2.75, 3.05) is 13.1 Å². The Balaban J connectivity index is 2.74. The Morgan fingerprint density at radius 2 is 2.12 bits per heavy atom. The summed E-state index contributed by atoms with van der Waals surface area (Å²) in [4.78, 5) is 11.8. The molecule has 0 aromatic heterocycles. The van der Waals surface area contributed by atoms with Crippen LogP contribution in [0.25, 0.3) is 0 Å². The van der Waals surface area contributed by atoms with Crippen LogP contribution in [0.4, 0.5) is 4.39 Å². The van der Waals surface area contributed by atoms with Gasteiger partial charge in [0.05, 0.1) is 5.56 Å². The molecule has 0 radical (unpaired) electrons. The number of carbonyl (C=O) groups excluding carboxylic acids is 1. The number of amides is 1. The van der Waals surface area contributed by atoms with Gasteiger partial charge < -0.3 is 11.1 Å². The van der Waals surface area contributed by atoms with Crippen LogP contribution in [0.2, 0.25) is 0 Å². The van der Waals surface area contributed by atoms with Crippen LogP contribution in [0.3, 0.4) is 0 Å². The second kappa shape index (κ2) is 5.27. The molecular weight excluding hydrogens is 219 g/mol. The molecule has 1 rings (SSSR count). The van der Waals surface area contributed by atoms with Gasteiger partial charge in [-0.2, -0.15) is 0 Å². The number of hydrogen-bond donors (Lipinski definition) is 2. The number of hydrogen-bond acceptors (Lipinski definition) is 2. The summed E-state index contributed by atoms with van der Waals surface area (Å²) < 4.78 is 13.7. The van der Waals surface area contributed by atoms with Crippen molar-refractivity contribution < 1.29 is 9.18 Å². The van der Waals surface area contributed by atoms with Crippen LogP contribution in [0, 0.1) is 18.2 Å². The van der Waals surface area contributed by atoms with Gasteiger partial charge in [-0.1, -0.05) is 26.0 Å². The van der Waals surface area contributed by atoms with Crippen LogP contribution in [0.15, 0.2) is 18.2 Å². The Kier molecular flexibility index (Phi) is 4.23. The molecule has 1 aromatic rings. The highest BCUT2D eigenvalue weighted by atomic mass is 19.1. The average Bonchev–Trinajstić information content (AvgIpc) is 2.30. The summed E-state index contributed by atoms with van der Waals surface area (Å²) in [5.41, 5.74) is 5.92. The zero-order valence-electron chi connectivity index (χ0n) is 10.5. The Morgan fingerprint density at radius 1 is 1.47 bits per heavy atom. The molecule has 0 aliphatic rings. The van der Waals surface area contributed by atoms with Gasteiger partial charge >= 0.3 is 0 Å². The minimum Gasteiger partial charge on any atom is -0.351 e. The molecular formula is C13H19FN2O. The molecule has 0 heterocycles. The molecule has 0 atom stereocenters. The van der Waals surface area contributed by atoms with Gasteiger partial charge in [0.25, 0.3) is 5.91 Å². The number of aryl methyl sites for hydroxylation is 1. The summed E-state index contributed by atoms with van der Waals surface area (Å²) in [6, 6.07) is 4.78. The van der Waals surface area contributed by atoms with Crippen LogP contribution in [0.5, 0.6) is 0 Å². The van der Waals surface area contributed by atoms with E-state index in [2.05, 4.69) is 5.32 Å². The van der Waals surface area contributed by atoms with Gasteiger partial charge in [0.2, 0.25) is 0 Å². The number of carbonyl (C=O) groups is 1. The molecule has 0 bridgehead atoms. The van der Waals surface area contributed by atoms with Gasteiger partial charge in [-0.05, 0) is 30.5 Å². The maximum Gasteiger partial charge on any atom is 0.254 e. The minimum absolute atomic E-state index is 0.0813. The van der Waals surface area contributed by atoms with E-state index in [-0.39, 0.29) is 11.0 Å². The summed E-state index contributed by atoms with van der Waals surface area (Å²) in [5, 5.41) is 2.70. The lowest BCUT2D eigenvalue weighted by molar-refractivity contribution is 0.0933. The summed E-state index contributed by atoms with van der Waals surface area (Å²) >= 11 is 0. The third kappa shape index (κ3) is 3.53. The molecule has 0 saturated carbocycles. The number of nitrogens with two attached hydrogens (primary N) is 1. The van der Waals surface area contributed by atoms with E-state index in [1.54, 1.807) is 19.1 Å². The van der Waals surface area contributed by atoms with Crippen LogP contribution < -0.4 is 11.1 Å². The van der Waals surface area contributed by atoms with E-state index in [1.165, 1.54) is 6.07 Å². The zero-order chi connectivity index (χ0) is 13.1. The Hall–Kier alpha value is -1.42. The molecule has 0 aliphatic heterocycles. The third-order valence-electron chi connectivity index (χ3n) is 2.72. The van der Waals surface area contributed by atoms with Crippen LogP contribution in [-0.4, -0.2) is 19.0 Å². The van der Waals surface area contributed by atoms with Crippen molar-refractivity contribution in [2.45, 2.75) is 20.8 Å². The van der Waals surface area contributed by atoms with Gasteiger partial charge in [-0.15, -0.1) is 0 Å². The quantitative estimate of drug-likeness (QED) is 0.841. The normalized spacial score (nSPS) is 11.4. The zero-order valence-corrected chi connectivity index (χ0v) is 10.5. The topological polar surface area (TPSA) is 55.1 Å². The fraction of sp³-hybridized carbons (Fsp3) is 0.462. The number of nitrogens with one attached hydrogen (secondary N) is 1. The van der Waals surface area contributed by atoms with Crippen molar-refractivity contribution >= 4 is 5.91 Å². The monoisotopic (exact) mass is 238 g/mol. The highest BCUT2D eigenvalue weighted by Crippen LogP contribution is 2.13. The van der Waals surface area contributed by atoms with Crippen molar-refractivity contribution in [3.8, 4) is 0 Å². The van der Waals surface area contributed by atoms with Crippen molar-refractivity contribution in [2.24, 2.45) is 11.1 Å². The lowest BCUT2D eigenvalue weighted by Gasteiger charge is -2.22. The average molecular weight is 238 g/mol. The molecule has 1 aromatic carbocycles. The molecule has 17 heavy (non-hydrogen) atoms. The standard InChI is InChI=1S/C13H19FN2O/c1-9-5-4-6-10(11(9)14)12(17)16-8-13(2,3)7-15/h4-6H,7-8,15H2,1-3H3,(H,16,17). The molecule has 3 nitrogen and oxygen atoms in total. The van der Waals surface area contributed by atoms with Crippen molar-refractivity contribution in [1.82, 2.24) is 5.32 Å². The van der Waals surface area contributed by atoms with Crippen molar-refractivity contribution in [3.63, 3.8) is 0 Å². The van der Waals surface area contributed by atoms with Crippen LogP contribution >= 0.6 is 0 Å². The van der Waals surface area contributed by atoms with E-state index >= 15 is 0 Å². The minimum atomic E-state index is -0.462. The lowest BCUT2D eigenvalue weighted by Crippen LogP contribution is -2.38. The van der Waals surface area contributed by atoms with Crippen molar-refractivity contribution in [3.05, 3.63) is 35.1 Å². The first-order valence-corrected chi connectivity index (χ1v) is 5.61. The largest absolute Gasteiger partial charge is 0.351 e. The van der Waals surface area contributed by atoms with E-state index < -0.39 is 11.7 Å². The van der Waals surface area contributed by atoms with E-state index in [0.29, 0.717) is 18.7 Å². The first-order chi connectivity index (χ1) is 7.87. The Morgan fingerprint density at radius 3 is 2.71 bits per heavy atom. The number of rotatable bonds is 4. The second-order valence-electron chi connectivity index (χ2n) is 4.99. The molecule has 0 aliphatic carbocycles. The highest BCUT2D eigenvalue weighted by Gasteiger charge is 2.19. The molecule has 94 valence electrons. The van der Waals surface area contributed by atoms with Gasteiger partial charge in [0.15, 0.2) is 0 Å². The molecule has 4 heteroatoms. The smallest absolute Gasteiger partial charge is 0.254 e. The predicted octanol–water partition coefficient (Wildman–Crippen LogP) is 1.85. The summed E-state index contributed by atoms with van der Waals surface area (Å²) in [6.45, 7) is 6.41. The van der Waals surface area contributed by atoms with Gasteiger partial charge in [-0.25, -0.2) is 4.39 Å². The fourth-order valence-corrected chi connectivity index (χ4v) is 1.31. The molecule has 0 unspecified atom stereocenters. The molecule has 0 spiro atoms. The third-order valence-corrected chi connectivity index (χ3v) is 2.72. The lowest BCUT2D eigenvalue weighted by atomic mass is 9.94.